The number of aliphatic hydroxyl groups excluding tert-OH is 5. The molecule has 448 valence electrons. The number of rotatable bonds is 7. The minimum absolute atomic E-state index is 0.0288. The van der Waals surface area contributed by atoms with Crippen molar-refractivity contribution in [2.45, 2.75) is 242 Å². The van der Waals surface area contributed by atoms with E-state index in [1.807, 2.05) is 0 Å². The smallest absolute Gasteiger partial charge is 0.319 e. The van der Waals surface area contributed by atoms with E-state index in [0.29, 0.717) is 64.2 Å². The van der Waals surface area contributed by atoms with Gasteiger partial charge in [0, 0.05) is 5.41 Å². The van der Waals surface area contributed by atoms with Gasteiger partial charge in [-0.2, -0.15) is 0 Å². The molecule has 0 aromatic rings. The lowest BCUT2D eigenvalue weighted by atomic mass is 9.32. The summed E-state index contributed by atoms with van der Waals surface area (Å²) in [6.07, 6.45) is 6.57. The van der Waals surface area contributed by atoms with Gasteiger partial charge in [0.2, 0.25) is 6.29 Å². The maximum Gasteiger partial charge on any atom is 0.319 e. The first-order valence-electron chi connectivity index (χ1n) is 31.6. The fourth-order valence-corrected chi connectivity index (χ4v) is 23.7. The number of fused-ring (bicyclic) bond motifs is 14. The predicted octanol–water partition coefficient (Wildman–Crippen LogP) is 10.0. The summed E-state index contributed by atoms with van der Waals surface area (Å²) in [5.41, 5.74) is -5.35. The zero-order valence-electron chi connectivity index (χ0n) is 50.4. The second kappa shape index (κ2) is 19.1. The van der Waals surface area contributed by atoms with Gasteiger partial charge in [0.1, 0.15) is 30.5 Å². The fraction of sp³-hybridized carbons (Fsp3) is 0.879. The number of aliphatic carboxylic acids is 2. The SMILES string of the molecule is C[C@H]1[C@H](C)CC[C@]2(C(=O)O)CC[C@]3(C(=O)O[C@H]4CC[C@]5(C)[C@H]6CC=C7[C@@H]8[C@@H](C)[C@H](C)CC[C@]8(C(=O)O)CC[C@@]7(C(=O)O[C@@H]7O[C@H](CO)[C@@H](O)[C@H](O)[C@H]7O)[C@]6(C)CC[C@H]5C4(C)C)C(=CC[C@@H]4[C@@]5(C)CC[C@H](O)C(C)(C)[C@H]5CC[C@]43C)[C@H]12. The molecule has 11 rings (SSSR count). The second-order valence-corrected chi connectivity index (χ2v) is 31.6. The number of carbonyl (C=O) groups excluding carboxylic acids is 2. The van der Waals surface area contributed by atoms with Crippen LogP contribution in [0.25, 0.3) is 0 Å². The van der Waals surface area contributed by atoms with Gasteiger partial charge in [-0.3, -0.25) is 19.2 Å². The van der Waals surface area contributed by atoms with Crippen molar-refractivity contribution < 1.29 is 69.1 Å². The Morgan fingerprint density at radius 3 is 1.44 bits per heavy atom. The predicted molar refractivity (Wildman–Crippen MR) is 298 cm³/mol. The molecular formula is C66H100O14. The van der Waals surface area contributed by atoms with Crippen LogP contribution in [0.3, 0.4) is 0 Å². The van der Waals surface area contributed by atoms with E-state index in [1.54, 1.807) is 0 Å². The van der Waals surface area contributed by atoms with Crippen LogP contribution < -0.4 is 0 Å². The van der Waals surface area contributed by atoms with Crippen LogP contribution in [0.1, 0.15) is 199 Å². The first kappa shape index (κ1) is 58.9. The van der Waals surface area contributed by atoms with Gasteiger partial charge in [-0.15, -0.1) is 0 Å². The molecule has 10 aliphatic carbocycles. The lowest BCUT2D eigenvalue weighted by molar-refractivity contribution is -0.299. The van der Waals surface area contributed by atoms with Crippen molar-refractivity contribution >= 4 is 23.9 Å². The average Bonchev–Trinajstić information content (AvgIpc) is 3.39. The van der Waals surface area contributed by atoms with Gasteiger partial charge in [-0.25, -0.2) is 0 Å². The van der Waals surface area contributed by atoms with E-state index in [2.05, 4.69) is 95.2 Å². The maximum absolute atomic E-state index is 16.6. The quantitative estimate of drug-likeness (QED) is 0.0928. The number of carboxylic acids is 2. The second-order valence-electron chi connectivity index (χ2n) is 31.6. The standard InChI is InChI=1S/C66H100O14/c1-34-17-27-63(53(72)73)29-31-65(38(47(63)36(34)3)13-15-43-59(9)23-21-45(68)57(5,6)41(59)19-25-61(43,65)11)55(76)79-46-22-24-60(10)42(58(46,7)8)20-26-62(12)44(60)16-14-39-48-37(4)35(2)18-28-64(48,54(74)75)30-32-66(39,62)56(77)80-52-51(71)50(70)49(69)40(33-67)78-52/h13-14,34-37,40-52,67-71H,15-33H2,1-12H3,(H,72,73)(H,74,75)/t34-,35-,36+,37+,40-,41-,42+,43-,44-,45+,46+,47+,48+,49-,50+,51-,52+,59+,60+,61-,62-,63+,64+,65-,66-/m1/s1. The van der Waals surface area contributed by atoms with Gasteiger partial charge in [0.15, 0.2) is 0 Å². The lowest BCUT2D eigenvalue weighted by Gasteiger charge is -2.71. The Kier molecular flexibility index (Phi) is 14.0. The van der Waals surface area contributed by atoms with Crippen molar-refractivity contribution in [2.75, 3.05) is 6.61 Å². The molecule has 14 nitrogen and oxygen atoms in total. The van der Waals surface area contributed by atoms with Crippen molar-refractivity contribution in [3.8, 4) is 0 Å². The van der Waals surface area contributed by atoms with Crippen LogP contribution in [0.5, 0.6) is 0 Å². The molecule has 1 heterocycles. The Morgan fingerprint density at radius 2 is 0.975 bits per heavy atom. The molecule has 25 atom stereocenters. The van der Waals surface area contributed by atoms with Crippen LogP contribution in [0.4, 0.5) is 0 Å². The molecule has 0 aromatic heterocycles. The number of aliphatic hydroxyl groups is 5. The number of carbonyl (C=O) groups is 4. The highest BCUT2D eigenvalue weighted by molar-refractivity contribution is 5.87. The van der Waals surface area contributed by atoms with Crippen LogP contribution in [0.15, 0.2) is 23.3 Å². The molecule has 0 amide bonds. The van der Waals surface area contributed by atoms with Crippen LogP contribution >= 0.6 is 0 Å². The molecule has 7 N–H and O–H groups in total. The Morgan fingerprint density at radius 1 is 0.525 bits per heavy atom. The van der Waals surface area contributed by atoms with Crippen LogP contribution in [-0.2, 0) is 33.4 Å². The molecule has 1 aliphatic heterocycles. The normalized spacial score (nSPS) is 53.6. The molecule has 0 unspecified atom stereocenters. The highest BCUT2D eigenvalue weighted by Crippen LogP contribution is 2.79. The summed E-state index contributed by atoms with van der Waals surface area (Å²) in [4.78, 5) is 60.1. The molecule has 80 heavy (non-hydrogen) atoms. The van der Waals surface area contributed by atoms with E-state index in [1.165, 1.54) is 0 Å². The van der Waals surface area contributed by atoms with E-state index < -0.39 is 117 Å². The molecule has 8 saturated carbocycles. The van der Waals surface area contributed by atoms with Crippen molar-refractivity contribution in [1.82, 2.24) is 0 Å². The third kappa shape index (κ3) is 7.34. The topological polar surface area (TPSA) is 238 Å². The van der Waals surface area contributed by atoms with Gasteiger partial charge >= 0.3 is 23.9 Å². The summed E-state index contributed by atoms with van der Waals surface area (Å²) in [6, 6.07) is 0. The summed E-state index contributed by atoms with van der Waals surface area (Å²) in [6.45, 7) is 26.4. The number of hydrogen-bond donors (Lipinski definition) is 7. The number of ether oxygens (including phenoxy) is 3. The third-order valence-corrected chi connectivity index (χ3v) is 28.7. The van der Waals surface area contributed by atoms with Crippen LogP contribution in [-0.4, -0.2) is 109 Å². The maximum atomic E-state index is 16.6. The summed E-state index contributed by atoms with van der Waals surface area (Å²) in [7, 11) is 0. The largest absolute Gasteiger partial charge is 0.481 e. The number of allylic oxidation sites excluding steroid dienone is 2. The van der Waals surface area contributed by atoms with E-state index in [9.17, 15) is 45.3 Å². The summed E-state index contributed by atoms with van der Waals surface area (Å²) in [5, 5.41) is 77.2. The van der Waals surface area contributed by atoms with Gasteiger partial charge in [-0.05, 0) is 202 Å². The molecule has 0 spiro atoms. The zero-order chi connectivity index (χ0) is 58.2. The number of carboxylic acid groups (broad SMARTS) is 2. The average molecular weight is 1120 g/mol. The van der Waals surface area contributed by atoms with Gasteiger partial charge < -0.3 is 50.0 Å². The van der Waals surface area contributed by atoms with E-state index in [0.717, 1.165) is 49.7 Å². The van der Waals surface area contributed by atoms with Crippen molar-refractivity contribution in [1.29, 1.82) is 0 Å². The summed E-state index contributed by atoms with van der Waals surface area (Å²) in [5.74, 6) is -2.48. The minimum Gasteiger partial charge on any atom is -0.481 e. The molecule has 0 radical (unpaired) electrons. The van der Waals surface area contributed by atoms with Gasteiger partial charge in [0.05, 0.1) is 34.4 Å². The zero-order valence-corrected chi connectivity index (χ0v) is 50.4. The summed E-state index contributed by atoms with van der Waals surface area (Å²) < 4.78 is 19.6. The first-order valence-corrected chi connectivity index (χ1v) is 31.6. The molecule has 11 aliphatic rings. The van der Waals surface area contributed by atoms with E-state index >= 15 is 9.59 Å². The first-order chi connectivity index (χ1) is 37.3. The molecule has 1 saturated heterocycles. The lowest BCUT2D eigenvalue weighted by Crippen LogP contribution is -2.69. The number of esters is 2. The monoisotopic (exact) mass is 1120 g/mol. The molecule has 0 aromatic carbocycles. The molecular weight excluding hydrogens is 1020 g/mol. The molecule has 14 heteroatoms. The van der Waals surface area contributed by atoms with Gasteiger partial charge in [0.25, 0.3) is 0 Å². The third-order valence-electron chi connectivity index (χ3n) is 28.7. The van der Waals surface area contributed by atoms with E-state index in [-0.39, 0.29) is 82.9 Å². The Balaban J connectivity index is 0.965. The van der Waals surface area contributed by atoms with Crippen LogP contribution in [0.2, 0.25) is 0 Å². The van der Waals surface area contributed by atoms with Crippen molar-refractivity contribution in [3.05, 3.63) is 23.3 Å². The van der Waals surface area contributed by atoms with E-state index in [4.69, 9.17) is 14.2 Å². The van der Waals surface area contributed by atoms with Crippen molar-refractivity contribution in [2.24, 2.45) is 113 Å². The van der Waals surface area contributed by atoms with Gasteiger partial charge in [-0.1, -0.05) is 106 Å². The fourth-order valence-electron chi connectivity index (χ4n) is 23.7. The van der Waals surface area contributed by atoms with Crippen molar-refractivity contribution in [3.63, 3.8) is 0 Å². The summed E-state index contributed by atoms with van der Waals surface area (Å²) >= 11 is 0. The molecule has 9 fully saturated rings. The van der Waals surface area contributed by atoms with Crippen LogP contribution in [0, 0.1) is 113 Å². The molecule has 0 bridgehead atoms. The Labute approximate surface area is 476 Å². The minimum atomic E-state index is -1.81. The Hall–Kier alpha value is -2.88. The Bertz CT molecular complexity index is 2590. The highest BCUT2D eigenvalue weighted by atomic mass is 16.7. The number of hydrogen-bond acceptors (Lipinski definition) is 12. The highest BCUT2D eigenvalue weighted by Gasteiger charge is 2.77.